The number of benzene rings is 2. The van der Waals surface area contributed by atoms with Crippen molar-refractivity contribution in [2.75, 3.05) is 30.0 Å². The lowest BCUT2D eigenvalue weighted by Crippen LogP contribution is -2.30. The Hall–Kier alpha value is -3.45. The number of fused-ring (bicyclic) bond motifs is 2. The number of anilines is 3. The predicted octanol–water partition coefficient (Wildman–Crippen LogP) is 7.19. The number of rotatable bonds is 11. The largest absolute Gasteiger partial charge is 0.508 e. The van der Waals surface area contributed by atoms with Gasteiger partial charge in [-0.05, 0) is 78.9 Å². The third kappa shape index (κ3) is 6.51. The molecule has 7 nitrogen and oxygen atoms in total. The highest BCUT2D eigenvalue weighted by Gasteiger charge is 2.34. The van der Waals surface area contributed by atoms with Gasteiger partial charge in [0.1, 0.15) is 22.9 Å². The Morgan fingerprint density at radius 3 is 2.39 bits per heavy atom. The maximum Gasteiger partial charge on any atom is 0.260 e. The summed E-state index contributed by atoms with van der Waals surface area (Å²) in [5.41, 5.74) is 3.71. The van der Waals surface area contributed by atoms with E-state index in [1.54, 1.807) is 29.0 Å². The van der Waals surface area contributed by atoms with Crippen LogP contribution in [0.2, 0.25) is 0 Å². The Morgan fingerprint density at radius 2 is 1.74 bits per heavy atom. The Morgan fingerprint density at radius 1 is 1.00 bits per heavy atom. The molecule has 2 aromatic carbocycles. The molecule has 1 aliphatic heterocycles. The summed E-state index contributed by atoms with van der Waals surface area (Å²) in [6.45, 7) is 11.0. The fourth-order valence-electron chi connectivity index (χ4n) is 5.01. The van der Waals surface area contributed by atoms with Crippen LogP contribution >= 0.6 is 0 Å². The fraction of sp³-hybridized carbons (Fsp3) is 0.452. The normalized spacial score (nSPS) is 15.0. The van der Waals surface area contributed by atoms with Crippen molar-refractivity contribution in [2.45, 2.75) is 72.3 Å². The van der Waals surface area contributed by atoms with Crippen molar-refractivity contribution in [3.8, 4) is 17.2 Å². The zero-order valence-electron chi connectivity index (χ0n) is 23.5. The van der Waals surface area contributed by atoms with Crippen molar-refractivity contribution in [3.63, 3.8) is 0 Å². The van der Waals surface area contributed by atoms with Crippen molar-refractivity contribution in [2.24, 2.45) is 0 Å². The van der Waals surface area contributed by atoms with Crippen LogP contribution in [0.15, 0.2) is 53.6 Å². The third-order valence-corrected chi connectivity index (χ3v) is 7.31. The van der Waals surface area contributed by atoms with E-state index in [0.717, 1.165) is 37.7 Å². The number of phenolic OH excluding ortho intramolecular Hbond substituents is 3. The smallest absolute Gasteiger partial charge is 0.260 e. The molecule has 1 unspecified atom stereocenters. The number of ether oxygens (including phenoxy) is 1. The number of carbonyl (C=O) groups is 1. The number of allylic oxidation sites excluding steroid dienone is 3. The Labute approximate surface area is 226 Å². The number of hydrogen-bond acceptors (Lipinski definition) is 6. The molecular formula is C31H42N2O5. The van der Waals surface area contributed by atoms with Crippen LogP contribution < -0.4 is 9.80 Å². The van der Waals surface area contributed by atoms with Gasteiger partial charge in [0.05, 0.1) is 22.5 Å². The third-order valence-electron chi connectivity index (χ3n) is 7.31. The molecule has 1 aliphatic rings. The summed E-state index contributed by atoms with van der Waals surface area (Å²) in [5.74, 6) is -0.662. The quantitative estimate of drug-likeness (QED) is 0.271. The molecule has 0 aliphatic carbocycles. The van der Waals surface area contributed by atoms with Crippen molar-refractivity contribution in [1.29, 1.82) is 0 Å². The maximum absolute atomic E-state index is 13.8. The highest BCUT2D eigenvalue weighted by atomic mass is 16.5. The predicted molar refractivity (Wildman–Crippen MR) is 154 cm³/mol. The lowest BCUT2D eigenvalue weighted by Gasteiger charge is -2.28. The summed E-state index contributed by atoms with van der Waals surface area (Å²) in [5, 5.41) is 31.8. The van der Waals surface area contributed by atoms with Crippen LogP contribution in [0.3, 0.4) is 0 Å². The Kier molecular flexibility index (Phi) is 9.50. The zero-order chi connectivity index (χ0) is 28.0. The molecule has 206 valence electrons. The minimum atomic E-state index is -0.312. The van der Waals surface area contributed by atoms with E-state index in [9.17, 15) is 20.1 Å². The van der Waals surface area contributed by atoms with Crippen LogP contribution in [-0.4, -0.2) is 47.0 Å². The van der Waals surface area contributed by atoms with Gasteiger partial charge in [-0.25, -0.2) is 0 Å². The molecule has 0 radical (unpaired) electrons. The molecule has 1 amide bonds. The molecule has 3 N–H and O–H groups in total. The molecule has 0 bridgehead atoms. The van der Waals surface area contributed by atoms with Gasteiger partial charge in [0.25, 0.3) is 5.91 Å². The summed E-state index contributed by atoms with van der Waals surface area (Å²) in [6, 6.07) is 7.57. The minimum Gasteiger partial charge on any atom is -0.508 e. The highest BCUT2D eigenvalue weighted by molar-refractivity contribution is 6.15. The minimum absolute atomic E-state index is 0.0459. The highest BCUT2D eigenvalue weighted by Crippen LogP contribution is 2.49. The molecule has 7 heteroatoms. The number of para-hydroxylation sites is 1. The van der Waals surface area contributed by atoms with Crippen molar-refractivity contribution in [1.82, 2.24) is 0 Å². The van der Waals surface area contributed by atoms with Gasteiger partial charge in [-0.1, -0.05) is 29.4 Å². The number of methoxy groups -OCH3 is 1. The molecule has 0 saturated carbocycles. The molecule has 0 saturated heterocycles. The van der Waals surface area contributed by atoms with Gasteiger partial charge in [0, 0.05) is 32.3 Å². The van der Waals surface area contributed by atoms with Gasteiger partial charge in [0.15, 0.2) is 0 Å². The summed E-state index contributed by atoms with van der Waals surface area (Å²) in [6.07, 6.45) is 8.95. The van der Waals surface area contributed by atoms with Crippen LogP contribution in [0.5, 0.6) is 17.2 Å². The molecule has 0 fully saturated rings. The zero-order valence-corrected chi connectivity index (χ0v) is 23.5. The molecule has 3 rings (SSSR count). The molecular weight excluding hydrogens is 480 g/mol. The Balaban J connectivity index is 1.85. The van der Waals surface area contributed by atoms with Crippen LogP contribution in [-0.2, 0) is 4.74 Å². The second-order valence-corrected chi connectivity index (χ2v) is 10.5. The van der Waals surface area contributed by atoms with Gasteiger partial charge < -0.3 is 29.9 Å². The van der Waals surface area contributed by atoms with E-state index in [1.807, 2.05) is 13.0 Å². The molecule has 0 aromatic heterocycles. The first-order valence-electron chi connectivity index (χ1n) is 13.3. The number of phenols is 3. The summed E-state index contributed by atoms with van der Waals surface area (Å²) >= 11 is 0. The summed E-state index contributed by atoms with van der Waals surface area (Å²) in [7, 11) is 1.77. The monoisotopic (exact) mass is 522 g/mol. The van der Waals surface area contributed by atoms with Crippen molar-refractivity contribution < 1.29 is 24.9 Å². The van der Waals surface area contributed by atoms with Gasteiger partial charge in [-0.3, -0.25) is 4.79 Å². The lowest BCUT2D eigenvalue weighted by atomic mass is 9.92. The first kappa shape index (κ1) is 29.1. The van der Waals surface area contributed by atoms with Crippen LogP contribution in [0, 0.1) is 0 Å². The van der Waals surface area contributed by atoms with E-state index in [4.69, 9.17) is 4.74 Å². The van der Waals surface area contributed by atoms with Crippen LogP contribution in [0.25, 0.3) is 0 Å². The van der Waals surface area contributed by atoms with E-state index >= 15 is 0 Å². The second kappa shape index (κ2) is 12.4. The van der Waals surface area contributed by atoms with Crippen molar-refractivity contribution >= 4 is 23.0 Å². The summed E-state index contributed by atoms with van der Waals surface area (Å²) < 4.78 is 5.84. The van der Waals surface area contributed by atoms with E-state index in [1.165, 1.54) is 23.8 Å². The van der Waals surface area contributed by atoms with E-state index < -0.39 is 0 Å². The van der Waals surface area contributed by atoms with E-state index in [-0.39, 0.29) is 35.3 Å². The average molecular weight is 523 g/mol. The summed E-state index contributed by atoms with van der Waals surface area (Å²) in [4.78, 5) is 17.0. The number of amides is 1. The number of nitrogens with zero attached hydrogens (tertiary/aromatic N) is 2. The molecule has 2 aromatic rings. The van der Waals surface area contributed by atoms with Crippen LogP contribution in [0.1, 0.15) is 77.1 Å². The topological polar surface area (TPSA) is 93.5 Å². The van der Waals surface area contributed by atoms with Crippen molar-refractivity contribution in [3.05, 3.63) is 59.2 Å². The maximum atomic E-state index is 13.8. The first-order valence-corrected chi connectivity index (χ1v) is 13.3. The molecule has 1 heterocycles. The first-order chi connectivity index (χ1) is 18.0. The Bertz CT molecular complexity index is 1210. The van der Waals surface area contributed by atoms with Gasteiger partial charge >= 0.3 is 0 Å². The molecule has 0 spiro atoms. The standard InChI is InChI=1S/C31H42N2O5/c1-7-32-28-24(13-8-14-26(28)35)30(37)33(25-19-23(34)20-27(36)29(25)32)18-15-22(4)12-10-17-31(5,38-6)16-9-11-21(2)3/h8,11,13-15,19-20,34-36H,7,9-10,12,16-18H2,1-6H3/b22-15+. The number of aromatic hydroxyl groups is 3. The molecule has 1 atom stereocenters. The average Bonchev–Trinajstić information content (AvgIpc) is 2.95. The number of hydrogen-bond donors (Lipinski definition) is 3. The SMILES string of the molecule is CCN1c2c(O)cccc2C(=O)N(C/C=C(\C)CCCC(C)(CCC=C(C)C)OC)c2cc(O)cc(O)c21. The molecule has 38 heavy (non-hydrogen) atoms. The van der Waals surface area contributed by atoms with Gasteiger partial charge in [-0.15, -0.1) is 0 Å². The van der Waals surface area contributed by atoms with Gasteiger partial charge in [-0.2, -0.15) is 0 Å². The second-order valence-electron chi connectivity index (χ2n) is 10.5. The van der Waals surface area contributed by atoms with E-state index in [0.29, 0.717) is 29.2 Å². The fourth-order valence-corrected chi connectivity index (χ4v) is 5.01. The lowest BCUT2D eigenvalue weighted by molar-refractivity contribution is -0.00881. The van der Waals surface area contributed by atoms with Crippen LogP contribution in [0.4, 0.5) is 17.1 Å². The number of carbonyl (C=O) groups excluding carboxylic acids is 1. The van der Waals surface area contributed by atoms with E-state index in [2.05, 4.69) is 33.8 Å². The van der Waals surface area contributed by atoms with Gasteiger partial charge in [0.2, 0.25) is 0 Å².